The van der Waals surface area contributed by atoms with Crippen molar-refractivity contribution < 1.29 is 4.79 Å². The molecule has 1 amide bonds. The highest BCUT2D eigenvalue weighted by Crippen LogP contribution is 2.12. The summed E-state index contributed by atoms with van der Waals surface area (Å²) in [5.74, 6) is 1.46. The molecule has 0 aliphatic rings. The first-order chi connectivity index (χ1) is 10.8. The fraction of sp³-hybridized carbons (Fsp3) is 0.211. The van der Waals surface area contributed by atoms with E-state index in [2.05, 4.69) is 30.8 Å². The highest BCUT2D eigenvalue weighted by molar-refractivity contribution is 8.00. The molecule has 114 valence electrons. The number of nitrogens with zero attached hydrogens (tertiary/aromatic N) is 1. The molecule has 0 N–H and O–H groups in total. The molecule has 0 unspecified atom stereocenters. The van der Waals surface area contributed by atoms with Crippen molar-refractivity contribution in [1.29, 1.82) is 0 Å². The highest BCUT2D eigenvalue weighted by atomic mass is 32.2. The second-order valence-electron chi connectivity index (χ2n) is 5.02. The van der Waals surface area contributed by atoms with Gasteiger partial charge in [0, 0.05) is 18.8 Å². The summed E-state index contributed by atoms with van der Waals surface area (Å²) < 4.78 is 0. The van der Waals surface area contributed by atoms with Crippen molar-refractivity contribution in [2.75, 3.05) is 11.5 Å². The third-order valence-electron chi connectivity index (χ3n) is 3.25. The Bertz CT molecular complexity index is 541. The first-order valence-corrected chi connectivity index (χ1v) is 8.49. The molecule has 0 saturated heterocycles. The standard InChI is InChI=1S/C19H21NOS/c1-2-13-22-16-19(21)20(14-17-9-5-3-6-10-17)15-18-11-7-4-8-12-18/h2-12H,1,13-16H2. The molecule has 0 aromatic heterocycles. The van der Waals surface area contributed by atoms with Crippen molar-refractivity contribution in [2.45, 2.75) is 13.1 Å². The highest BCUT2D eigenvalue weighted by Gasteiger charge is 2.14. The van der Waals surface area contributed by atoms with Gasteiger partial charge in [-0.2, -0.15) is 0 Å². The summed E-state index contributed by atoms with van der Waals surface area (Å²) in [4.78, 5) is 14.4. The maximum atomic E-state index is 12.5. The average Bonchev–Trinajstić information content (AvgIpc) is 2.56. The fourth-order valence-corrected chi connectivity index (χ4v) is 2.80. The molecule has 2 nitrogen and oxygen atoms in total. The van der Waals surface area contributed by atoms with Crippen molar-refractivity contribution in [3.05, 3.63) is 84.4 Å². The molecule has 0 atom stereocenters. The van der Waals surface area contributed by atoms with Gasteiger partial charge in [0.05, 0.1) is 5.75 Å². The fourth-order valence-electron chi connectivity index (χ4n) is 2.16. The van der Waals surface area contributed by atoms with Gasteiger partial charge in [-0.15, -0.1) is 18.3 Å². The lowest BCUT2D eigenvalue weighted by atomic mass is 10.1. The predicted molar refractivity (Wildman–Crippen MR) is 94.7 cm³/mol. The number of amides is 1. The van der Waals surface area contributed by atoms with Crippen LogP contribution in [0.5, 0.6) is 0 Å². The molecule has 0 heterocycles. The maximum absolute atomic E-state index is 12.5. The van der Waals surface area contributed by atoms with Gasteiger partial charge in [-0.05, 0) is 11.1 Å². The van der Waals surface area contributed by atoms with Crippen LogP contribution in [0.15, 0.2) is 73.3 Å². The smallest absolute Gasteiger partial charge is 0.233 e. The molecule has 0 fully saturated rings. The van der Waals surface area contributed by atoms with Crippen LogP contribution in [0.3, 0.4) is 0 Å². The number of rotatable bonds is 8. The minimum atomic E-state index is 0.166. The van der Waals surface area contributed by atoms with Gasteiger partial charge in [-0.3, -0.25) is 4.79 Å². The predicted octanol–water partition coefficient (Wildman–Crippen LogP) is 4.13. The third kappa shape index (κ3) is 5.41. The molecular weight excluding hydrogens is 290 g/mol. The minimum absolute atomic E-state index is 0.166. The lowest BCUT2D eigenvalue weighted by Gasteiger charge is -2.23. The summed E-state index contributed by atoms with van der Waals surface area (Å²) in [6.07, 6.45) is 1.83. The molecule has 0 aliphatic carbocycles. The zero-order chi connectivity index (χ0) is 15.6. The zero-order valence-electron chi connectivity index (χ0n) is 12.7. The molecule has 2 rings (SSSR count). The maximum Gasteiger partial charge on any atom is 0.233 e. The topological polar surface area (TPSA) is 20.3 Å². The van der Waals surface area contributed by atoms with Gasteiger partial charge in [-0.1, -0.05) is 66.7 Å². The molecule has 3 heteroatoms. The summed E-state index contributed by atoms with van der Waals surface area (Å²) in [5, 5.41) is 0. The van der Waals surface area contributed by atoms with E-state index in [1.165, 1.54) is 0 Å². The van der Waals surface area contributed by atoms with Gasteiger partial charge in [0.15, 0.2) is 0 Å². The van der Waals surface area contributed by atoms with E-state index < -0.39 is 0 Å². The van der Waals surface area contributed by atoms with Gasteiger partial charge < -0.3 is 4.90 Å². The molecule has 0 spiro atoms. The van der Waals surface area contributed by atoms with Crippen molar-refractivity contribution in [3.8, 4) is 0 Å². The van der Waals surface area contributed by atoms with Crippen LogP contribution in [0.25, 0.3) is 0 Å². The molecule has 0 aliphatic heterocycles. The Kier molecular flexibility index (Phi) is 6.78. The number of carbonyl (C=O) groups is 1. The average molecular weight is 311 g/mol. The summed E-state index contributed by atoms with van der Waals surface area (Å²) in [6, 6.07) is 20.2. The molecule has 22 heavy (non-hydrogen) atoms. The van der Waals surface area contributed by atoms with Crippen molar-refractivity contribution >= 4 is 17.7 Å². The van der Waals surface area contributed by atoms with E-state index in [0.29, 0.717) is 18.8 Å². The molecule has 2 aromatic rings. The van der Waals surface area contributed by atoms with Crippen LogP contribution in [0.1, 0.15) is 11.1 Å². The van der Waals surface area contributed by atoms with Gasteiger partial charge >= 0.3 is 0 Å². The normalized spacial score (nSPS) is 10.2. The Morgan fingerprint density at radius 2 is 1.45 bits per heavy atom. The molecule has 0 bridgehead atoms. The summed E-state index contributed by atoms with van der Waals surface area (Å²) in [5.41, 5.74) is 2.31. The van der Waals surface area contributed by atoms with Gasteiger partial charge in [0.2, 0.25) is 5.91 Å². The number of benzene rings is 2. The van der Waals surface area contributed by atoms with E-state index in [9.17, 15) is 4.79 Å². The monoisotopic (exact) mass is 311 g/mol. The van der Waals surface area contributed by atoms with Crippen LogP contribution < -0.4 is 0 Å². The Balaban J connectivity index is 2.05. The van der Waals surface area contributed by atoms with Crippen LogP contribution in [0.2, 0.25) is 0 Å². The Morgan fingerprint density at radius 3 is 1.91 bits per heavy atom. The Hall–Kier alpha value is -2.00. The third-order valence-corrected chi connectivity index (χ3v) is 4.17. The van der Waals surface area contributed by atoms with E-state index in [4.69, 9.17) is 0 Å². The van der Waals surface area contributed by atoms with Gasteiger partial charge in [0.1, 0.15) is 0 Å². The lowest BCUT2D eigenvalue weighted by Crippen LogP contribution is -2.31. The number of hydrogen-bond acceptors (Lipinski definition) is 2. The quantitative estimate of drug-likeness (QED) is 0.539. The molecule has 0 saturated carbocycles. The number of thioether (sulfide) groups is 1. The van der Waals surface area contributed by atoms with Gasteiger partial charge in [-0.25, -0.2) is 0 Å². The van der Waals surface area contributed by atoms with Crippen LogP contribution in [0.4, 0.5) is 0 Å². The van der Waals surface area contributed by atoms with Crippen molar-refractivity contribution in [2.24, 2.45) is 0 Å². The summed E-state index contributed by atoms with van der Waals surface area (Å²) >= 11 is 1.60. The van der Waals surface area contributed by atoms with Crippen molar-refractivity contribution in [1.82, 2.24) is 4.90 Å². The minimum Gasteiger partial charge on any atom is -0.333 e. The number of hydrogen-bond donors (Lipinski definition) is 0. The van der Waals surface area contributed by atoms with E-state index in [-0.39, 0.29) is 5.91 Å². The van der Waals surface area contributed by atoms with Crippen LogP contribution in [0, 0.1) is 0 Å². The molecule has 2 aromatic carbocycles. The Labute approximate surface area is 136 Å². The molecular formula is C19H21NOS. The van der Waals surface area contributed by atoms with Crippen LogP contribution >= 0.6 is 11.8 Å². The SMILES string of the molecule is C=CCSCC(=O)N(Cc1ccccc1)Cc1ccccc1. The molecule has 0 radical (unpaired) electrons. The first-order valence-electron chi connectivity index (χ1n) is 7.34. The lowest BCUT2D eigenvalue weighted by molar-refractivity contribution is -0.129. The van der Waals surface area contributed by atoms with E-state index >= 15 is 0 Å². The van der Waals surface area contributed by atoms with Crippen LogP contribution in [-0.4, -0.2) is 22.3 Å². The van der Waals surface area contributed by atoms with Gasteiger partial charge in [0.25, 0.3) is 0 Å². The zero-order valence-corrected chi connectivity index (χ0v) is 13.5. The van der Waals surface area contributed by atoms with E-state index in [0.717, 1.165) is 16.9 Å². The summed E-state index contributed by atoms with van der Waals surface area (Å²) in [6.45, 7) is 4.98. The van der Waals surface area contributed by atoms with E-state index in [1.54, 1.807) is 11.8 Å². The van der Waals surface area contributed by atoms with Crippen LogP contribution in [-0.2, 0) is 17.9 Å². The second kappa shape index (κ2) is 9.11. The second-order valence-corrected chi connectivity index (χ2v) is 6.06. The largest absolute Gasteiger partial charge is 0.333 e. The first kappa shape index (κ1) is 16.4. The Morgan fingerprint density at radius 1 is 0.955 bits per heavy atom. The summed E-state index contributed by atoms with van der Waals surface area (Å²) in [7, 11) is 0. The number of carbonyl (C=O) groups excluding carboxylic acids is 1. The van der Waals surface area contributed by atoms with E-state index in [1.807, 2.05) is 47.4 Å². The van der Waals surface area contributed by atoms with Crippen molar-refractivity contribution in [3.63, 3.8) is 0 Å².